The highest BCUT2D eigenvalue weighted by Crippen LogP contribution is 2.30. The normalized spacial score (nSPS) is 17.2. The fraction of sp³-hybridized carbons (Fsp3) is 0.400. The summed E-state index contributed by atoms with van der Waals surface area (Å²) in [4.78, 5) is 23.7. The van der Waals surface area contributed by atoms with E-state index in [0.29, 0.717) is 11.3 Å². The van der Waals surface area contributed by atoms with Gasteiger partial charge in [-0.1, -0.05) is 25.1 Å². The van der Waals surface area contributed by atoms with Gasteiger partial charge >= 0.3 is 12.1 Å². The maximum Gasteiger partial charge on any atom is 0.412 e. The number of amides is 1. The van der Waals surface area contributed by atoms with Crippen LogP contribution in [0.2, 0.25) is 0 Å². The van der Waals surface area contributed by atoms with Crippen LogP contribution in [0, 0.1) is 5.92 Å². The molecule has 1 aromatic rings. The Morgan fingerprint density at radius 3 is 2.36 bits per heavy atom. The van der Waals surface area contributed by atoms with Crippen LogP contribution in [0.1, 0.15) is 39.7 Å². The monoisotopic (exact) mass is 343 g/mol. The average molecular weight is 343 g/mol. The Hall–Kier alpha value is -2.56. The lowest BCUT2D eigenvalue weighted by Gasteiger charge is -2.20. The molecule has 1 atom stereocenters. The first-order valence-electron chi connectivity index (χ1n) is 8.30. The van der Waals surface area contributed by atoms with Crippen molar-refractivity contribution in [2.75, 3.05) is 12.4 Å². The number of methoxy groups -OCH3 is 1. The molecular formula is C20H25NO4. The smallest absolute Gasteiger partial charge is 0.412 e. The first-order chi connectivity index (χ1) is 11.7. The second-order valence-corrected chi connectivity index (χ2v) is 7.09. The number of benzene rings is 1. The van der Waals surface area contributed by atoms with E-state index < -0.39 is 11.7 Å². The molecule has 1 aliphatic carbocycles. The minimum Gasteiger partial charge on any atom is -0.466 e. The number of allylic oxidation sites excluding steroid dienone is 3. The van der Waals surface area contributed by atoms with Gasteiger partial charge in [0, 0.05) is 11.3 Å². The van der Waals surface area contributed by atoms with E-state index >= 15 is 0 Å². The van der Waals surface area contributed by atoms with Gasteiger partial charge < -0.3 is 9.47 Å². The second kappa shape index (κ2) is 7.55. The Labute approximate surface area is 148 Å². The topological polar surface area (TPSA) is 64.6 Å². The lowest BCUT2D eigenvalue weighted by Crippen LogP contribution is -2.27. The lowest BCUT2D eigenvalue weighted by molar-refractivity contribution is -0.136. The van der Waals surface area contributed by atoms with Crippen LogP contribution in [0.25, 0.3) is 5.57 Å². The van der Waals surface area contributed by atoms with Gasteiger partial charge in [-0.2, -0.15) is 0 Å². The number of nitrogens with one attached hydrogen (secondary N) is 1. The Kier molecular flexibility index (Phi) is 5.67. The van der Waals surface area contributed by atoms with E-state index in [4.69, 9.17) is 9.47 Å². The predicted molar refractivity (Wildman–Crippen MR) is 98.2 cm³/mol. The first-order valence-corrected chi connectivity index (χ1v) is 8.30. The molecule has 0 saturated heterocycles. The maximum absolute atomic E-state index is 11.9. The molecule has 0 bridgehead atoms. The van der Waals surface area contributed by atoms with E-state index in [2.05, 4.69) is 11.4 Å². The number of carbonyl (C=O) groups is 2. The molecule has 2 rings (SSSR count). The third-order valence-electron chi connectivity index (χ3n) is 3.82. The highest BCUT2D eigenvalue weighted by molar-refractivity contribution is 5.94. The molecule has 0 fully saturated rings. The Morgan fingerprint density at radius 1 is 1.16 bits per heavy atom. The number of hydrogen-bond acceptors (Lipinski definition) is 4. The molecule has 1 unspecified atom stereocenters. The quantitative estimate of drug-likeness (QED) is 0.817. The van der Waals surface area contributed by atoms with Crippen LogP contribution in [-0.4, -0.2) is 24.8 Å². The summed E-state index contributed by atoms with van der Waals surface area (Å²) in [5.74, 6) is -0.148. The van der Waals surface area contributed by atoms with Crippen molar-refractivity contribution in [3.63, 3.8) is 0 Å². The lowest BCUT2D eigenvalue weighted by atomic mass is 9.87. The van der Waals surface area contributed by atoms with Crippen molar-refractivity contribution < 1.29 is 19.1 Å². The van der Waals surface area contributed by atoms with Gasteiger partial charge in [0.2, 0.25) is 0 Å². The summed E-state index contributed by atoms with van der Waals surface area (Å²) < 4.78 is 10.1. The third kappa shape index (κ3) is 5.21. The summed E-state index contributed by atoms with van der Waals surface area (Å²) >= 11 is 0. The predicted octanol–water partition coefficient (Wildman–Crippen LogP) is 4.56. The molecule has 1 N–H and O–H groups in total. The number of anilines is 1. The van der Waals surface area contributed by atoms with E-state index in [-0.39, 0.29) is 11.9 Å². The van der Waals surface area contributed by atoms with E-state index in [1.807, 2.05) is 58.0 Å². The molecule has 5 heteroatoms. The van der Waals surface area contributed by atoms with Crippen molar-refractivity contribution in [3.05, 3.63) is 47.6 Å². The second-order valence-electron chi connectivity index (χ2n) is 7.09. The van der Waals surface area contributed by atoms with Gasteiger partial charge in [-0.15, -0.1) is 0 Å². The largest absolute Gasteiger partial charge is 0.466 e. The zero-order valence-electron chi connectivity index (χ0n) is 15.4. The molecule has 1 aromatic carbocycles. The van der Waals surface area contributed by atoms with Crippen LogP contribution in [0.5, 0.6) is 0 Å². The Bertz CT molecular complexity index is 708. The van der Waals surface area contributed by atoms with Crippen LogP contribution >= 0.6 is 0 Å². The number of ether oxygens (including phenoxy) is 2. The molecule has 0 heterocycles. The summed E-state index contributed by atoms with van der Waals surface area (Å²) in [6, 6.07) is 7.42. The van der Waals surface area contributed by atoms with Crippen LogP contribution in [0.4, 0.5) is 10.5 Å². The maximum atomic E-state index is 11.9. The van der Waals surface area contributed by atoms with E-state index in [0.717, 1.165) is 17.6 Å². The Balaban J connectivity index is 2.11. The van der Waals surface area contributed by atoms with Crippen molar-refractivity contribution in [2.24, 2.45) is 5.92 Å². The van der Waals surface area contributed by atoms with Gasteiger partial charge in [-0.25, -0.2) is 9.59 Å². The zero-order chi connectivity index (χ0) is 18.6. The van der Waals surface area contributed by atoms with Gasteiger partial charge in [0.05, 0.1) is 7.11 Å². The summed E-state index contributed by atoms with van der Waals surface area (Å²) in [5.41, 5.74) is 2.74. The SMILES string of the molecule is COC(=O)C1=CC(c2ccc(NC(=O)OC(C)(C)C)cc2)=CCC1C. The number of hydrogen-bond donors (Lipinski definition) is 1. The van der Waals surface area contributed by atoms with Gasteiger partial charge in [0.25, 0.3) is 0 Å². The summed E-state index contributed by atoms with van der Waals surface area (Å²) in [7, 11) is 1.39. The third-order valence-corrected chi connectivity index (χ3v) is 3.82. The standard InChI is InChI=1S/C20H25NO4/c1-13-6-7-15(12-17(13)18(22)24-5)14-8-10-16(11-9-14)21-19(23)25-20(2,3)4/h7-13H,6H2,1-5H3,(H,21,23). The van der Waals surface area contributed by atoms with Gasteiger partial charge in [0.15, 0.2) is 0 Å². The van der Waals surface area contributed by atoms with Crippen molar-refractivity contribution in [1.29, 1.82) is 0 Å². The van der Waals surface area contributed by atoms with Gasteiger partial charge in [-0.05, 0) is 62.5 Å². The highest BCUT2D eigenvalue weighted by atomic mass is 16.6. The average Bonchev–Trinajstić information content (AvgIpc) is 2.53. The molecule has 0 aromatic heterocycles. The van der Waals surface area contributed by atoms with E-state index in [1.165, 1.54) is 7.11 Å². The molecule has 5 nitrogen and oxygen atoms in total. The molecule has 25 heavy (non-hydrogen) atoms. The minimum absolute atomic E-state index is 0.143. The van der Waals surface area contributed by atoms with Gasteiger partial charge in [0.1, 0.15) is 5.60 Å². The molecule has 1 amide bonds. The molecule has 0 aliphatic heterocycles. The molecule has 1 aliphatic rings. The molecular weight excluding hydrogens is 318 g/mol. The zero-order valence-corrected chi connectivity index (χ0v) is 15.4. The molecule has 0 saturated carbocycles. The number of carbonyl (C=O) groups excluding carboxylic acids is 2. The Morgan fingerprint density at radius 2 is 1.80 bits per heavy atom. The number of rotatable bonds is 3. The fourth-order valence-corrected chi connectivity index (χ4v) is 2.55. The number of esters is 1. The molecule has 134 valence electrons. The van der Waals surface area contributed by atoms with Crippen molar-refractivity contribution in [1.82, 2.24) is 0 Å². The first kappa shape index (κ1) is 18.8. The van der Waals surface area contributed by atoms with Crippen LogP contribution in [0.3, 0.4) is 0 Å². The summed E-state index contributed by atoms with van der Waals surface area (Å²) in [5, 5.41) is 2.70. The van der Waals surface area contributed by atoms with Crippen molar-refractivity contribution >= 4 is 23.3 Å². The fourth-order valence-electron chi connectivity index (χ4n) is 2.55. The van der Waals surface area contributed by atoms with Gasteiger partial charge in [-0.3, -0.25) is 5.32 Å². The molecule has 0 spiro atoms. The van der Waals surface area contributed by atoms with Crippen LogP contribution < -0.4 is 5.32 Å². The van der Waals surface area contributed by atoms with Crippen LogP contribution in [-0.2, 0) is 14.3 Å². The van der Waals surface area contributed by atoms with Crippen molar-refractivity contribution in [3.8, 4) is 0 Å². The highest BCUT2D eigenvalue weighted by Gasteiger charge is 2.21. The summed E-state index contributed by atoms with van der Waals surface area (Å²) in [6.45, 7) is 7.45. The van der Waals surface area contributed by atoms with E-state index in [1.54, 1.807) is 0 Å². The van der Waals surface area contributed by atoms with Crippen molar-refractivity contribution in [2.45, 2.75) is 39.7 Å². The van der Waals surface area contributed by atoms with E-state index in [9.17, 15) is 9.59 Å². The molecule has 0 radical (unpaired) electrons. The minimum atomic E-state index is -0.539. The van der Waals surface area contributed by atoms with Crippen LogP contribution in [0.15, 0.2) is 42.0 Å². The summed E-state index contributed by atoms with van der Waals surface area (Å²) in [6.07, 6.45) is 4.27.